The molecule has 0 radical (unpaired) electrons. The van der Waals surface area contributed by atoms with Gasteiger partial charge < -0.3 is 20.3 Å². The van der Waals surface area contributed by atoms with Crippen LogP contribution in [0.25, 0.3) is 11.1 Å². The number of hydrogen-bond donors (Lipinski definition) is 2. The van der Waals surface area contributed by atoms with Crippen LogP contribution in [0.5, 0.6) is 5.88 Å². The summed E-state index contributed by atoms with van der Waals surface area (Å²) in [5.74, 6) is -1.52. The summed E-state index contributed by atoms with van der Waals surface area (Å²) in [6.45, 7) is 3.27. The molecule has 222 valence electrons. The predicted molar refractivity (Wildman–Crippen MR) is 157 cm³/mol. The largest absolute Gasteiger partial charge is 0.493 e. The number of carbonyl (C=O) groups is 1. The summed E-state index contributed by atoms with van der Waals surface area (Å²) in [4.78, 5) is 28.0. The molecule has 3 N–H and O–H groups in total. The summed E-state index contributed by atoms with van der Waals surface area (Å²) in [6.07, 6.45) is -0.267. The molecular weight excluding hydrogens is 572 g/mol. The van der Waals surface area contributed by atoms with Crippen molar-refractivity contribution in [2.24, 2.45) is 5.73 Å². The van der Waals surface area contributed by atoms with Gasteiger partial charge in [0.25, 0.3) is 5.56 Å². The SMILES string of the molecule is COCC(c1cccc(C#N)c1)n1c(COC(C)C)nc(=O)c(S(=O)(=O)c2ccc(-c3ccccc3C(N)=O)cc2)c1O. The molecule has 4 aromatic rings. The Morgan fingerprint density at radius 2 is 1.79 bits per heavy atom. The molecular formula is C31H30N4O7S. The van der Waals surface area contributed by atoms with Gasteiger partial charge in [0, 0.05) is 12.7 Å². The number of carbonyl (C=O) groups excluding carboxylic acids is 1. The second-order valence-corrected chi connectivity index (χ2v) is 11.7. The molecule has 4 rings (SSSR count). The van der Waals surface area contributed by atoms with E-state index in [9.17, 15) is 28.4 Å². The standard InChI is InChI=1S/C31H30N4O7S/c1-19(2)42-18-27-34-30(37)28(31(38)35(27)26(17-41-3)22-8-6-7-20(15-22)16-32)43(39,40)23-13-11-21(12-14-23)24-9-4-5-10-25(24)29(33)36/h4-15,19,26,38H,17-18H2,1-3H3,(H2,33,36). The van der Waals surface area contributed by atoms with Crippen LogP contribution in [0.4, 0.5) is 0 Å². The molecule has 0 fully saturated rings. The molecule has 1 heterocycles. The second kappa shape index (κ2) is 13.0. The fourth-order valence-electron chi connectivity index (χ4n) is 4.63. The molecule has 11 nitrogen and oxygen atoms in total. The Kier molecular flexibility index (Phi) is 9.40. The fourth-order valence-corrected chi connectivity index (χ4v) is 5.97. The summed E-state index contributed by atoms with van der Waals surface area (Å²) in [5, 5.41) is 21.0. The summed E-state index contributed by atoms with van der Waals surface area (Å²) in [7, 11) is -3.19. The van der Waals surface area contributed by atoms with Gasteiger partial charge in [-0.3, -0.25) is 14.2 Å². The molecule has 12 heteroatoms. The molecule has 1 unspecified atom stereocenters. The summed E-state index contributed by atoms with van der Waals surface area (Å²) >= 11 is 0. The Bertz CT molecular complexity index is 1860. The number of methoxy groups -OCH3 is 1. The lowest BCUT2D eigenvalue weighted by atomic mass is 9.99. The second-order valence-electron chi connectivity index (χ2n) is 9.86. The summed E-state index contributed by atoms with van der Waals surface area (Å²) < 4.78 is 40.0. The molecule has 0 spiro atoms. The fraction of sp³-hybridized carbons (Fsp3) is 0.226. The quantitative estimate of drug-likeness (QED) is 0.260. The van der Waals surface area contributed by atoms with E-state index in [1.165, 1.54) is 35.9 Å². The number of amides is 1. The molecule has 1 atom stereocenters. The van der Waals surface area contributed by atoms with E-state index in [-0.39, 0.29) is 35.6 Å². The zero-order valence-corrected chi connectivity index (χ0v) is 24.5. The maximum absolute atomic E-state index is 13.9. The highest BCUT2D eigenvalue weighted by Crippen LogP contribution is 2.33. The van der Waals surface area contributed by atoms with Crippen molar-refractivity contribution in [3.05, 3.63) is 106 Å². The van der Waals surface area contributed by atoms with Gasteiger partial charge in [0.1, 0.15) is 12.4 Å². The van der Waals surface area contributed by atoms with Crippen molar-refractivity contribution in [1.29, 1.82) is 5.26 Å². The Labute approximate surface area is 248 Å². The van der Waals surface area contributed by atoms with Gasteiger partial charge in [-0.25, -0.2) is 8.42 Å². The van der Waals surface area contributed by atoms with E-state index in [4.69, 9.17) is 15.2 Å². The van der Waals surface area contributed by atoms with E-state index in [0.717, 1.165) is 0 Å². The third-order valence-corrected chi connectivity index (χ3v) is 8.44. The van der Waals surface area contributed by atoms with Crippen LogP contribution in [0, 0.1) is 11.3 Å². The number of aromatic hydroxyl groups is 1. The summed E-state index contributed by atoms with van der Waals surface area (Å²) in [6, 6.07) is 19.8. The topological polar surface area (TPSA) is 175 Å². The van der Waals surface area contributed by atoms with Crippen molar-refractivity contribution >= 4 is 15.7 Å². The van der Waals surface area contributed by atoms with Gasteiger partial charge in [-0.15, -0.1) is 0 Å². The number of ether oxygens (including phenoxy) is 2. The van der Waals surface area contributed by atoms with E-state index >= 15 is 0 Å². The number of primary amides is 1. The van der Waals surface area contributed by atoms with Crippen molar-refractivity contribution < 1.29 is 27.8 Å². The minimum Gasteiger partial charge on any atom is -0.493 e. The third-order valence-electron chi connectivity index (χ3n) is 6.65. The number of nitrogens with two attached hydrogens (primary N) is 1. The minimum atomic E-state index is -4.61. The Morgan fingerprint density at radius 3 is 2.42 bits per heavy atom. The maximum atomic E-state index is 13.9. The first-order valence-corrected chi connectivity index (χ1v) is 14.7. The first kappa shape index (κ1) is 31.1. The van der Waals surface area contributed by atoms with Crippen molar-refractivity contribution in [3.8, 4) is 23.1 Å². The number of sulfone groups is 1. The lowest BCUT2D eigenvalue weighted by Gasteiger charge is -2.26. The highest BCUT2D eigenvalue weighted by molar-refractivity contribution is 7.91. The van der Waals surface area contributed by atoms with Gasteiger partial charge >= 0.3 is 0 Å². The first-order valence-electron chi connectivity index (χ1n) is 13.2. The van der Waals surface area contributed by atoms with Gasteiger partial charge in [-0.2, -0.15) is 10.2 Å². The van der Waals surface area contributed by atoms with Crippen molar-refractivity contribution in [1.82, 2.24) is 9.55 Å². The number of aromatic nitrogens is 2. The predicted octanol–water partition coefficient (Wildman–Crippen LogP) is 3.58. The normalized spacial score (nSPS) is 12.2. The van der Waals surface area contributed by atoms with Gasteiger partial charge in [-0.05, 0) is 60.9 Å². The first-order chi connectivity index (χ1) is 20.5. The van der Waals surface area contributed by atoms with Crippen molar-refractivity contribution in [2.75, 3.05) is 13.7 Å². The zero-order chi connectivity index (χ0) is 31.3. The number of rotatable bonds is 11. The number of nitriles is 1. The molecule has 0 saturated carbocycles. The molecule has 0 saturated heterocycles. The highest BCUT2D eigenvalue weighted by atomic mass is 32.2. The summed E-state index contributed by atoms with van der Waals surface area (Å²) in [5.41, 5.74) is 6.44. The van der Waals surface area contributed by atoms with Gasteiger partial charge in [0.15, 0.2) is 4.90 Å². The van der Waals surface area contributed by atoms with Crippen LogP contribution in [0.2, 0.25) is 0 Å². The molecule has 0 aliphatic carbocycles. The number of nitrogens with zero attached hydrogens (tertiary/aromatic N) is 3. The van der Waals surface area contributed by atoms with Crippen molar-refractivity contribution in [3.63, 3.8) is 0 Å². The lowest BCUT2D eigenvalue weighted by molar-refractivity contribution is 0.0554. The zero-order valence-electron chi connectivity index (χ0n) is 23.7. The monoisotopic (exact) mass is 602 g/mol. The van der Waals surface area contributed by atoms with E-state index in [0.29, 0.717) is 22.3 Å². The molecule has 1 aromatic heterocycles. The van der Waals surface area contributed by atoms with Crippen LogP contribution in [0.3, 0.4) is 0 Å². The van der Waals surface area contributed by atoms with Crippen LogP contribution >= 0.6 is 0 Å². The van der Waals surface area contributed by atoms with Gasteiger partial charge in [-0.1, -0.05) is 42.5 Å². The van der Waals surface area contributed by atoms with Crippen LogP contribution in [0.15, 0.2) is 87.4 Å². The average molecular weight is 603 g/mol. The van der Waals surface area contributed by atoms with Crippen LogP contribution in [-0.4, -0.2) is 48.8 Å². The molecule has 0 bridgehead atoms. The van der Waals surface area contributed by atoms with Crippen LogP contribution in [0.1, 0.15) is 47.2 Å². The molecule has 0 aliphatic heterocycles. The van der Waals surface area contributed by atoms with Crippen molar-refractivity contribution in [2.45, 2.75) is 42.4 Å². The van der Waals surface area contributed by atoms with Gasteiger partial charge in [0.05, 0.1) is 35.3 Å². The van der Waals surface area contributed by atoms with E-state index in [2.05, 4.69) is 11.1 Å². The van der Waals surface area contributed by atoms with Gasteiger partial charge in [0.2, 0.25) is 21.6 Å². The number of hydrogen-bond acceptors (Lipinski definition) is 9. The molecule has 43 heavy (non-hydrogen) atoms. The molecule has 0 aliphatic rings. The van der Waals surface area contributed by atoms with E-state index in [1.54, 1.807) is 62.4 Å². The highest BCUT2D eigenvalue weighted by Gasteiger charge is 2.32. The molecule has 1 amide bonds. The Hall–Kier alpha value is -4.83. The minimum absolute atomic E-state index is 0.0297. The van der Waals surface area contributed by atoms with E-state index < -0.39 is 38.1 Å². The van der Waals surface area contributed by atoms with E-state index in [1.807, 2.05) is 0 Å². The molecule has 3 aromatic carbocycles. The Balaban J connectivity index is 1.90. The average Bonchev–Trinajstić information content (AvgIpc) is 2.99. The lowest BCUT2D eigenvalue weighted by Crippen LogP contribution is -2.29. The number of benzene rings is 3. The smallest absolute Gasteiger partial charge is 0.296 e. The Morgan fingerprint density at radius 1 is 1.09 bits per heavy atom. The van der Waals surface area contributed by atoms with Crippen LogP contribution < -0.4 is 11.3 Å². The maximum Gasteiger partial charge on any atom is 0.296 e. The van der Waals surface area contributed by atoms with Crippen LogP contribution in [-0.2, 0) is 25.9 Å². The third kappa shape index (κ3) is 6.49.